The lowest BCUT2D eigenvalue weighted by atomic mass is 9.68. The zero-order chi connectivity index (χ0) is 27.8. The van der Waals surface area contributed by atoms with Gasteiger partial charge in [-0.1, -0.05) is 91.3 Å². The molecule has 0 saturated carbocycles. The normalized spacial score (nSPS) is 17.5. The number of methoxy groups -OCH3 is 2. The Morgan fingerprint density at radius 1 is 0.842 bits per heavy atom. The van der Waals surface area contributed by atoms with Crippen LogP contribution in [0.4, 0.5) is 0 Å². The summed E-state index contributed by atoms with van der Waals surface area (Å²) < 4.78 is 16.1. The maximum absolute atomic E-state index is 11.6. The molecule has 1 N–H and O–H groups in total. The molecule has 210 valence electrons. The van der Waals surface area contributed by atoms with Gasteiger partial charge in [0.15, 0.2) is 0 Å². The molecule has 0 aliphatic heterocycles. The Balaban J connectivity index is 0.000000417. The molecule has 4 rings (SSSR count). The fraction of sp³-hybridized carbons (Fsp3) is 0.636. The summed E-state index contributed by atoms with van der Waals surface area (Å²) in [6, 6.07) is 12.3. The van der Waals surface area contributed by atoms with E-state index < -0.39 is 5.60 Å². The van der Waals surface area contributed by atoms with Crippen molar-refractivity contribution in [3.8, 4) is 11.5 Å². The molecule has 5 heteroatoms. The van der Waals surface area contributed by atoms with Crippen molar-refractivity contribution in [3.05, 3.63) is 58.0 Å². The van der Waals surface area contributed by atoms with E-state index in [0.717, 1.165) is 42.9 Å². The number of unbranched alkanes of at least 4 members (excludes halogenated alkanes) is 6. The van der Waals surface area contributed by atoms with Gasteiger partial charge in [-0.05, 0) is 70.7 Å². The third-order valence-corrected chi connectivity index (χ3v) is 9.03. The summed E-state index contributed by atoms with van der Waals surface area (Å²) in [5.74, 6) is 1.92. The Kier molecular flexibility index (Phi) is 10.9. The van der Waals surface area contributed by atoms with Gasteiger partial charge in [-0.25, -0.2) is 0 Å². The lowest BCUT2D eigenvalue weighted by Crippen LogP contribution is -2.40. The van der Waals surface area contributed by atoms with Crippen LogP contribution < -0.4 is 9.47 Å². The molecular formula is C33H50O4Si. The van der Waals surface area contributed by atoms with E-state index in [1.165, 1.54) is 60.9 Å². The van der Waals surface area contributed by atoms with Crippen molar-refractivity contribution in [2.24, 2.45) is 5.41 Å². The third kappa shape index (κ3) is 7.86. The summed E-state index contributed by atoms with van der Waals surface area (Å²) in [6.45, 7) is 12.1. The van der Waals surface area contributed by atoms with Crippen LogP contribution in [0.3, 0.4) is 0 Å². The van der Waals surface area contributed by atoms with E-state index in [4.69, 9.17) is 13.9 Å². The monoisotopic (exact) mass is 538 g/mol. The quantitative estimate of drug-likeness (QED) is 0.166. The lowest BCUT2D eigenvalue weighted by molar-refractivity contribution is -0.0773. The van der Waals surface area contributed by atoms with Crippen molar-refractivity contribution >= 4 is 9.76 Å². The second-order valence-electron chi connectivity index (χ2n) is 12.6. The SMILES string of the molecule is COc1cc2ccc1=2.COc1ccc2c(c1)CCC2(O)C(C)(C)CCCCCCCCCO[Si]C(C)(C)C. The number of benzene rings is 2. The zero-order valence-electron chi connectivity index (χ0n) is 24.9. The molecule has 0 bridgehead atoms. The van der Waals surface area contributed by atoms with Gasteiger partial charge in [-0.2, -0.15) is 0 Å². The van der Waals surface area contributed by atoms with Gasteiger partial charge in [0.05, 0.1) is 19.8 Å². The largest absolute Gasteiger partial charge is 0.497 e. The van der Waals surface area contributed by atoms with Gasteiger partial charge in [0.25, 0.3) is 0 Å². The number of aryl methyl sites for hydroxylation is 1. The highest BCUT2D eigenvalue weighted by Crippen LogP contribution is 2.51. The van der Waals surface area contributed by atoms with Crippen LogP contribution in [0.2, 0.25) is 5.04 Å². The summed E-state index contributed by atoms with van der Waals surface area (Å²) in [5, 5.41) is 14.5. The van der Waals surface area contributed by atoms with Crippen LogP contribution in [0.1, 0.15) is 104 Å². The molecule has 0 aromatic heterocycles. The number of ether oxygens (including phenoxy) is 2. The van der Waals surface area contributed by atoms with Gasteiger partial charge in [-0.15, -0.1) is 0 Å². The van der Waals surface area contributed by atoms with Crippen molar-refractivity contribution in [3.63, 3.8) is 0 Å². The van der Waals surface area contributed by atoms with Crippen LogP contribution in [0, 0.1) is 15.9 Å². The molecule has 2 radical (unpaired) electrons. The fourth-order valence-corrected chi connectivity index (χ4v) is 6.16. The number of hydrogen-bond acceptors (Lipinski definition) is 4. The van der Waals surface area contributed by atoms with E-state index >= 15 is 0 Å². The Hall–Kier alpha value is -1.82. The Labute approximate surface area is 233 Å². The van der Waals surface area contributed by atoms with Gasteiger partial charge in [0, 0.05) is 11.8 Å². The van der Waals surface area contributed by atoms with E-state index in [2.05, 4.69) is 58.9 Å². The fourth-order valence-electron chi connectivity index (χ4n) is 5.48. The summed E-state index contributed by atoms with van der Waals surface area (Å²) >= 11 is 0. The highest BCUT2D eigenvalue weighted by Gasteiger charge is 2.48. The second-order valence-corrected chi connectivity index (χ2v) is 14.6. The molecule has 3 aliphatic rings. The van der Waals surface area contributed by atoms with Crippen LogP contribution in [0.5, 0.6) is 11.5 Å². The van der Waals surface area contributed by atoms with Gasteiger partial charge >= 0.3 is 0 Å². The van der Waals surface area contributed by atoms with Crippen LogP contribution in [0.25, 0.3) is 0 Å². The number of rotatable bonds is 14. The van der Waals surface area contributed by atoms with E-state index in [0.29, 0.717) is 14.8 Å². The van der Waals surface area contributed by atoms with E-state index in [1.807, 2.05) is 12.1 Å². The smallest absolute Gasteiger partial charge is 0.235 e. The van der Waals surface area contributed by atoms with Crippen molar-refractivity contribution in [2.75, 3.05) is 20.8 Å². The summed E-state index contributed by atoms with van der Waals surface area (Å²) in [4.78, 5) is 0. The van der Waals surface area contributed by atoms with Crippen molar-refractivity contribution < 1.29 is 19.0 Å². The molecule has 0 amide bonds. The maximum atomic E-state index is 11.6. The van der Waals surface area contributed by atoms with Crippen LogP contribution in [-0.4, -0.2) is 35.7 Å². The lowest BCUT2D eigenvalue weighted by Gasteiger charge is -2.41. The molecule has 38 heavy (non-hydrogen) atoms. The molecule has 1 aromatic rings. The van der Waals surface area contributed by atoms with E-state index in [9.17, 15) is 5.11 Å². The van der Waals surface area contributed by atoms with Crippen molar-refractivity contribution in [1.29, 1.82) is 0 Å². The Morgan fingerprint density at radius 2 is 1.53 bits per heavy atom. The first-order valence-corrected chi connectivity index (χ1v) is 15.4. The first kappa shape index (κ1) is 30.7. The number of aliphatic hydroxyl groups is 1. The highest BCUT2D eigenvalue weighted by molar-refractivity contribution is 6.31. The average Bonchev–Trinajstić information content (AvgIpc) is 3.21. The predicted molar refractivity (Wildman–Crippen MR) is 158 cm³/mol. The summed E-state index contributed by atoms with van der Waals surface area (Å²) in [7, 11) is 4.01. The Bertz CT molecular complexity index is 1120. The van der Waals surface area contributed by atoms with Crippen LogP contribution in [0.15, 0.2) is 36.4 Å². The predicted octanol–water partition coefficient (Wildman–Crippen LogP) is 8.13. The zero-order valence-corrected chi connectivity index (χ0v) is 25.9. The minimum atomic E-state index is -0.720. The van der Waals surface area contributed by atoms with E-state index in [1.54, 1.807) is 14.2 Å². The molecular weight excluding hydrogens is 488 g/mol. The molecule has 1 atom stereocenters. The third-order valence-electron chi connectivity index (χ3n) is 8.07. The molecule has 0 saturated heterocycles. The average molecular weight is 539 g/mol. The topological polar surface area (TPSA) is 47.9 Å². The molecule has 4 nitrogen and oxygen atoms in total. The minimum absolute atomic E-state index is 0.113. The number of fused-ring (bicyclic) bond motifs is 1. The first-order valence-electron chi connectivity index (χ1n) is 14.5. The van der Waals surface area contributed by atoms with Crippen molar-refractivity contribution in [1.82, 2.24) is 0 Å². The maximum Gasteiger partial charge on any atom is 0.235 e. The van der Waals surface area contributed by atoms with Crippen LogP contribution >= 0.6 is 0 Å². The minimum Gasteiger partial charge on any atom is -0.497 e. The summed E-state index contributed by atoms with van der Waals surface area (Å²) in [5.41, 5.74) is 1.53. The summed E-state index contributed by atoms with van der Waals surface area (Å²) in [6.07, 6.45) is 11.7. The molecule has 0 spiro atoms. The molecule has 1 unspecified atom stereocenters. The van der Waals surface area contributed by atoms with Gasteiger partial charge in [0.2, 0.25) is 9.76 Å². The molecule has 3 aliphatic carbocycles. The van der Waals surface area contributed by atoms with E-state index in [-0.39, 0.29) is 5.41 Å². The van der Waals surface area contributed by atoms with Gasteiger partial charge in [0.1, 0.15) is 11.5 Å². The standard InChI is InChI=1S/C26H44O3Si.C7H6O/c1-24(2,3)30-29-19-13-11-9-7-8-10-12-17-25(4,5)26(27)18-16-21-20-22(28-6)14-15-23(21)26;1-8-7-4-5-2-3-6(5)7/h14-15,20,27H,7-13,16-19H2,1-6H3;2-4H,1H3. The molecule has 1 aromatic carbocycles. The van der Waals surface area contributed by atoms with Crippen LogP contribution in [-0.2, 0) is 16.4 Å². The Morgan fingerprint density at radius 3 is 2.05 bits per heavy atom. The molecule has 0 fully saturated rings. The number of hydrogen-bond donors (Lipinski definition) is 1. The first-order chi connectivity index (χ1) is 18.0. The second kappa shape index (κ2) is 13.5. The van der Waals surface area contributed by atoms with Gasteiger partial charge < -0.3 is 19.0 Å². The van der Waals surface area contributed by atoms with Crippen molar-refractivity contribution in [2.45, 2.75) is 109 Å². The van der Waals surface area contributed by atoms with Gasteiger partial charge in [-0.3, -0.25) is 0 Å². The molecule has 0 heterocycles. The highest BCUT2D eigenvalue weighted by atomic mass is 28.2.